The van der Waals surface area contributed by atoms with Gasteiger partial charge in [0.15, 0.2) is 0 Å². The number of benzene rings is 2. The first-order valence-electron chi connectivity index (χ1n) is 9.39. The van der Waals surface area contributed by atoms with Gasteiger partial charge in [-0.3, -0.25) is 4.79 Å². The molecule has 1 aliphatic heterocycles. The number of anilines is 2. The monoisotopic (exact) mass is 382 g/mol. The number of nitrogens with one attached hydrogen (secondary N) is 3. The van der Waals surface area contributed by atoms with Crippen LogP contribution >= 0.6 is 0 Å². The van der Waals surface area contributed by atoms with Crippen molar-refractivity contribution in [3.05, 3.63) is 60.2 Å². The van der Waals surface area contributed by atoms with E-state index < -0.39 is 5.41 Å². The molecule has 3 amide bonds. The molecule has 1 saturated heterocycles. The number of carbonyl (C=O) groups excluding carboxylic acids is 2. The van der Waals surface area contributed by atoms with Crippen LogP contribution in [0.5, 0.6) is 0 Å². The van der Waals surface area contributed by atoms with Gasteiger partial charge >= 0.3 is 6.03 Å². The van der Waals surface area contributed by atoms with Gasteiger partial charge in [0, 0.05) is 37.7 Å². The average molecular weight is 382 g/mol. The Labute approximate surface area is 164 Å². The Morgan fingerprint density at radius 3 is 2.36 bits per heavy atom. The van der Waals surface area contributed by atoms with Gasteiger partial charge < -0.3 is 26.4 Å². The van der Waals surface area contributed by atoms with E-state index in [0.717, 1.165) is 5.56 Å². The number of carbonyl (C=O) groups is 2. The summed E-state index contributed by atoms with van der Waals surface area (Å²) in [6, 6.07) is 16.3. The highest BCUT2D eigenvalue weighted by molar-refractivity contribution is 5.99. The molecule has 148 valence electrons. The van der Waals surface area contributed by atoms with E-state index in [2.05, 4.69) is 16.0 Å². The van der Waals surface area contributed by atoms with E-state index in [9.17, 15) is 9.59 Å². The summed E-state index contributed by atoms with van der Waals surface area (Å²) in [6.07, 6.45) is 1.27. The lowest BCUT2D eigenvalue weighted by Crippen LogP contribution is -2.48. The Morgan fingerprint density at radius 1 is 0.964 bits per heavy atom. The van der Waals surface area contributed by atoms with E-state index >= 15 is 0 Å². The number of hydrogen-bond acceptors (Lipinski definition) is 4. The molecule has 2 aromatic carbocycles. The van der Waals surface area contributed by atoms with Crippen LogP contribution in [0.3, 0.4) is 0 Å². The van der Waals surface area contributed by atoms with Gasteiger partial charge in [-0.15, -0.1) is 0 Å². The van der Waals surface area contributed by atoms with Crippen LogP contribution in [0.25, 0.3) is 0 Å². The Hall–Kier alpha value is -2.90. The summed E-state index contributed by atoms with van der Waals surface area (Å²) in [6.45, 7) is 1.79. The second-order valence-electron chi connectivity index (χ2n) is 6.93. The maximum absolute atomic E-state index is 12.7. The molecule has 3 rings (SSSR count). The zero-order valence-corrected chi connectivity index (χ0v) is 15.7. The van der Waals surface area contributed by atoms with Crippen molar-refractivity contribution in [2.75, 3.05) is 30.4 Å². The summed E-state index contributed by atoms with van der Waals surface area (Å²) in [4.78, 5) is 24.8. The first kappa shape index (κ1) is 19.9. The zero-order valence-electron chi connectivity index (χ0n) is 15.7. The highest BCUT2D eigenvalue weighted by Crippen LogP contribution is 2.29. The number of hydrogen-bond donors (Lipinski definition) is 4. The highest BCUT2D eigenvalue weighted by atomic mass is 16.5. The lowest BCUT2D eigenvalue weighted by atomic mass is 9.79. The topological polar surface area (TPSA) is 105 Å². The van der Waals surface area contributed by atoms with Gasteiger partial charge in [-0.05, 0) is 42.7 Å². The Morgan fingerprint density at radius 2 is 1.64 bits per heavy atom. The summed E-state index contributed by atoms with van der Waals surface area (Å²) in [5, 5.41) is 8.55. The van der Waals surface area contributed by atoms with E-state index in [4.69, 9.17) is 10.5 Å². The molecule has 0 saturated carbocycles. The molecule has 1 aliphatic rings. The van der Waals surface area contributed by atoms with Crippen LogP contribution in [0.2, 0.25) is 0 Å². The molecule has 2 aromatic rings. The summed E-state index contributed by atoms with van der Waals surface area (Å²) >= 11 is 0. The standard InChI is InChI=1S/C21H26N4O3/c22-15-21(9-11-28-12-10-21)19(26)23-14-16-5-4-8-18(13-16)25-20(27)24-17-6-2-1-3-7-17/h1-8,13H,9-12,14-15,22H2,(H,23,26)(H2,24,25,27). The Bertz CT molecular complexity index is 804. The number of urea groups is 1. The SMILES string of the molecule is NCC1(C(=O)NCc2cccc(NC(=O)Nc3ccccc3)c2)CCOCC1. The molecule has 0 spiro atoms. The molecule has 0 aromatic heterocycles. The molecule has 0 radical (unpaired) electrons. The van der Waals surface area contributed by atoms with Gasteiger partial charge in [0.1, 0.15) is 0 Å². The zero-order chi connectivity index (χ0) is 19.8. The maximum Gasteiger partial charge on any atom is 0.323 e. The number of nitrogens with two attached hydrogens (primary N) is 1. The fourth-order valence-electron chi connectivity index (χ4n) is 3.23. The van der Waals surface area contributed by atoms with Crippen molar-refractivity contribution in [3.63, 3.8) is 0 Å². The highest BCUT2D eigenvalue weighted by Gasteiger charge is 2.38. The van der Waals surface area contributed by atoms with Gasteiger partial charge in [-0.1, -0.05) is 30.3 Å². The first-order chi connectivity index (χ1) is 13.6. The third kappa shape index (κ3) is 5.09. The van der Waals surface area contributed by atoms with E-state index in [-0.39, 0.29) is 11.9 Å². The normalized spacial score (nSPS) is 15.5. The molecule has 7 heteroatoms. The molecule has 5 N–H and O–H groups in total. The van der Waals surface area contributed by atoms with Gasteiger partial charge in [0.2, 0.25) is 5.91 Å². The van der Waals surface area contributed by atoms with Crippen molar-refractivity contribution in [1.29, 1.82) is 0 Å². The van der Waals surface area contributed by atoms with Gasteiger partial charge in [0.25, 0.3) is 0 Å². The lowest BCUT2D eigenvalue weighted by molar-refractivity contribution is -0.136. The minimum Gasteiger partial charge on any atom is -0.381 e. The Balaban J connectivity index is 1.55. The van der Waals surface area contributed by atoms with Crippen LogP contribution in [-0.4, -0.2) is 31.7 Å². The fraction of sp³-hybridized carbons (Fsp3) is 0.333. The predicted octanol–water partition coefficient (Wildman–Crippen LogP) is 2.70. The van der Waals surface area contributed by atoms with E-state index in [1.54, 1.807) is 6.07 Å². The molecule has 0 atom stereocenters. The van der Waals surface area contributed by atoms with Crippen LogP contribution in [-0.2, 0) is 16.1 Å². The van der Waals surface area contributed by atoms with Crippen LogP contribution in [0, 0.1) is 5.41 Å². The van der Waals surface area contributed by atoms with Crippen molar-refractivity contribution in [1.82, 2.24) is 5.32 Å². The summed E-state index contributed by atoms with van der Waals surface area (Å²) in [5.74, 6) is -0.0431. The van der Waals surface area contributed by atoms with Gasteiger partial charge in [0.05, 0.1) is 5.41 Å². The van der Waals surface area contributed by atoms with Crippen molar-refractivity contribution in [2.45, 2.75) is 19.4 Å². The summed E-state index contributed by atoms with van der Waals surface area (Å²) in [7, 11) is 0. The van der Waals surface area contributed by atoms with Crippen molar-refractivity contribution in [2.24, 2.45) is 11.1 Å². The van der Waals surface area contributed by atoms with Crippen molar-refractivity contribution in [3.8, 4) is 0 Å². The summed E-state index contributed by atoms with van der Waals surface area (Å²) in [5.41, 5.74) is 7.59. The van der Waals surface area contributed by atoms with Crippen LogP contribution in [0.15, 0.2) is 54.6 Å². The summed E-state index contributed by atoms with van der Waals surface area (Å²) < 4.78 is 5.35. The smallest absolute Gasteiger partial charge is 0.323 e. The van der Waals surface area contributed by atoms with Gasteiger partial charge in [-0.25, -0.2) is 4.79 Å². The van der Waals surface area contributed by atoms with E-state index in [1.165, 1.54) is 0 Å². The Kier molecular flexibility index (Phi) is 6.62. The number of para-hydroxylation sites is 1. The fourth-order valence-corrected chi connectivity index (χ4v) is 3.23. The molecule has 0 unspecified atom stereocenters. The third-order valence-corrected chi connectivity index (χ3v) is 4.99. The molecular formula is C21H26N4O3. The minimum absolute atomic E-state index is 0.0431. The molecule has 1 heterocycles. The predicted molar refractivity (Wildman–Crippen MR) is 109 cm³/mol. The minimum atomic E-state index is -0.552. The molecular weight excluding hydrogens is 356 g/mol. The second-order valence-corrected chi connectivity index (χ2v) is 6.93. The number of rotatable bonds is 6. The second kappa shape index (κ2) is 9.34. The first-order valence-corrected chi connectivity index (χ1v) is 9.39. The average Bonchev–Trinajstić information content (AvgIpc) is 2.73. The van der Waals surface area contributed by atoms with Crippen LogP contribution in [0.1, 0.15) is 18.4 Å². The molecule has 1 fully saturated rings. The largest absolute Gasteiger partial charge is 0.381 e. The van der Waals surface area contributed by atoms with Crippen molar-refractivity contribution < 1.29 is 14.3 Å². The molecule has 0 bridgehead atoms. The van der Waals surface area contributed by atoms with Crippen LogP contribution < -0.4 is 21.7 Å². The number of ether oxygens (including phenoxy) is 1. The van der Waals surface area contributed by atoms with Crippen LogP contribution in [0.4, 0.5) is 16.2 Å². The molecule has 28 heavy (non-hydrogen) atoms. The molecule has 0 aliphatic carbocycles. The van der Waals surface area contributed by atoms with Gasteiger partial charge in [-0.2, -0.15) is 0 Å². The number of amides is 3. The molecule has 7 nitrogen and oxygen atoms in total. The maximum atomic E-state index is 12.7. The van der Waals surface area contributed by atoms with E-state index in [0.29, 0.717) is 50.5 Å². The van der Waals surface area contributed by atoms with E-state index in [1.807, 2.05) is 48.5 Å². The van der Waals surface area contributed by atoms with Crippen molar-refractivity contribution >= 4 is 23.3 Å². The third-order valence-electron chi connectivity index (χ3n) is 4.99. The quantitative estimate of drug-likeness (QED) is 0.616. The lowest BCUT2D eigenvalue weighted by Gasteiger charge is -2.34.